The van der Waals surface area contributed by atoms with Crippen LogP contribution in [0.15, 0.2) is 6.07 Å². The molecule has 1 aromatic rings. The first-order valence-electron chi connectivity index (χ1n) is 7.01. The van der Waals surface area contributed by atoms with E-state index in [1.807, 2.05) is 32.4 Å². The van der Waals surface area contributed by atoms with Crippen molar-refractivity contribution < 1.29 is 4.79 Å². The number of hydrogen-bond acceptors (Lipinski definition) is 3. The molecule has 1 amide bonds. The zero-order chi connectivity index (χ0) is 14.5. The highest BCUT2D eigenvalue weighted by molar-refractivity contribution is 5.85. The van der Waals surface area contributed by atoms with Crippen molar-refractivity contribution >= 4 is 5.91 Å². The van der Waals surface area contributed by atoms with Crippen LogP contribution in [0.5, 0.6) is 0 Å². The Balaban J connectivity index is 2.35. The Kier molecular flexibility index (Phi) is 5.54. The SMILES string of the molecule is CCC(N)(CC)C(=O)NCCCn1nc(C)cc1C. The molecular weight excluding hydrogens is 240 g/mol. The van der Waals surface area contributed by atoms with Crippen LogP contribution in [-0.4, -0.2) is 27.8 Å². The molecule has 0 aliphatic carbocycles. The van der Waals surface area contributed by atoms with Crippen molar-refractivity contribution in [3.05, 3.63) is 17.5 Å². The monoisotopic (exact) mass is 266 g/mol. The van der Waals surface area contributed by atoms with Gasteiger partial charge in [-0.25, -0.2) is 0 Å². The first kappa shape index (κ1) is 15.7. The molecule has 0 bridgehead atoms. The van der Waals surface area contributed by atoms with Crippen LogP contribution < -0.4 is 11.1 Å². The van der Waals surface area contributed by atoms with Gasteiger partial charge in [0.15, 0.2) is 0 Å². The molecule has 1 heterocycles. The largest absolute Gasteiger partial charge is 0.354 e. The number of carbonyl (C=O) groups is 1. The fourth-order valence-corrected chi connectivity index (χ4v) is 2.08. The van der Waals surface area contributed by atoms with Crippen molar-refractivity contribution in [1.29, 1.82) is 0 Å². The van der Waals surface area contributed by atoms with Gasteiger partial charge < -0.3 is 11.1 Å². The summed E-state index contributed by atoms with van der Waals surface area (Å²) in [4.78, 5) is 12.0. The lowest BCUT2D eigenvalue weighted by molar-refractivity contribution is -0.126. The zero-order valence-electron chi connectivity index (χ0n) is 12.5. The highest BCUT2D eigenvalue weighted by Crippen LogP contribution is 2.11. The molecule has 0 atom stereocenters. The fourth-order valence-electron chi connectivity index (χ4n) is 2.08. The molecule has 0 aromatic carbocycles. The number of amides is 1. The van der Waals surface area contributed by atoms with Crippen LogP contribution in [0.25, 0.3) is 0 Å². The van der Waals surface area contributed by atoms with E-state index in [9.17, 15) is 4.79 Å². The molecule has 3 N–H and O–H groups in total. The molecular formula is C14H26N4O. The van der Waals surface area contributed by atoms with E-state index in [0.717, 1.165) is 24.4 Å². The van der Waals surface area contributed by atoms with Crippen LogP contribution in [0, 0.1) is 13.8 Å². The summed E-state index contributed by atoms with van der Waals surface area (Å²) in [5.74, 6) is -0.0501. The third kappa shape index (κ3) is 4.06. The molecule has 0 spiro atoms. The lowest BCUT2D eigenvalue weighted by Crippen LogP contribution is -2.53. The number of nitrogens with one attached hydrogen (secondary N) is 1. The number of nitrogens with zero attached hydrogens (tertiary/aromatic N) is 2. The number of aromatic nitrogens is 2. The van der Waals surface area contributed by atoms with E-state index in [1.54, 1.807) is 0 Å². The number of hydrogen-bond donors (Lipinski definition) is 2. The van der Waals surface area contributed by atoms with Crippen molar-refractivity contribution in [2.75, 3.05) is 6.54 Å². The van der Waals surface area contributed by atoms with Gasteiger partial charge in [-0.15, -0.1) is 0 Å². The van der Waals surface area contributed by atoms with E-state index in [-0.39, 0.29) is 5.91 Å². The molecule has 108 valence electrons. The summed E-state index contributed by atoms with van der Waals surface area (Å²) in [6.07, 6.45) is 2.18. The van der Waals surface area contributed by atoms with Gasteiger partial charge in [-0.1, -0.05) is 13.8 Å². The average molecular weight is 266 g/mol. The molecule has 1 rings (SSSR count). The minimum Gasteiger partial charge on any atom is -0.354 e. The summed E-state index contributed by atoms with van der Waals surface area (Å²) in [5.41, 5.74) is 7.49. The molecule has 19 heavy (non-hydrogen) atoms. The number of rotatable bonds is 7. The van der Waals surface area contributed by atoms with Gasteiger partial charge in [0, 0.05) is 18.8 Å². The van der Waals surface area contributed by atoms with Crippen molar-refractivity contribution in [3.63, 3.8) is 0 Å². The van der Waals surface area contributed by atoms with Crippen molar-refractivity contribution in [2.45, 2.75) is 59.0 Å². The van der Waals surface area contributed by atoms with E-state index >= 15 is 0 Å². The molecule has 0 aliphatic rings. The Hall–Kier alpha value is -1.36. The van der Waals surface area contributed by atoms with Gasteiger partial charge in [0.25, 0.3) is 0 Å². The summed E-state index contributed by atoms with van der Waals surface area (Å²) in [7, 11) is 0. The van der Waals surface area contributed by atoms with Gasteiger partial charge in [0.2, 0.25) is 5.91 Å². The maximum absolute atomic E-state index is 12.0. The normalized spacial score (nSPS) is 11.6. The second kappa shape index (κ2) is 6.70. The predicted octanol–water partition coefficient (Wildman–Crippen LogP) is 1.52. The summed E-state index contributed by atoms with van der Waals surface area (Å²) in [6, 6.07) is 2.05. The van der Waals surface area contributed by atoms with Crippen molar-refractivity contribution in [1.82, 2.24) is 15.1 Å². The van der Waals surface area contributed by atoms with Crippen molar-refractivity contribution in [3.8, 4) is 0 Å². The molecule has 1 aromatic heterocycles. The Morgan fingerprint density at radius 1 is 1.42 bits per heavy atom. The van der Waals surface area contributed by atoms with Gasteiger partial charge in [-0.2, -0.15) is 5.10 Å². The maximum Gasteiger partial charge on any atom is 0.240 e. The summed E-state index contributed by atoms with van der Waals surface area (Å²) >= 11 is 0. The molecule has 0 saturated carbocycles. The minimum absolute atomic E-state index is 0.0501. The Bertz CT molecular complexity index is 421. The Morgan fingerprint density at radius 3 is 2.53 bits per heavy atom. The van der Waals surface area contributed by atoms with E-state index in [1.165, 1.54) is 0 Å². The highest BCUT2D eigenvalue weighted by atomic mass is 16.2. The smallest absolute Gasteiger partial charge is 0.240 e. The molecule has 0 saturated heterocycles. The second-order valence-electron chi connectivity index (χ2n) is 5.12. The standard InChI is InChI=1S/C14H26N4O/c1-5-14(15,6-2)13(19)16-8-7-9-18-12(4)10-11(3)17-18/h10H,5-9,15H2,1-4H3,(H,16,19). The molecule has 0 aliphatic heterocycles. The van der Waals surface area contributed by atoms with E-state index in [0.29, 0.717) is 19.4 Å². The van der Waals surface area contributed by atoms with Crippen LogP contribution in [0.3, 0.4) is 0 Å². The quantitative estimate of drug-likeness (QED) is 0.735. The number of aryl methyl sites for hydroxylation is 3. The average Bonchev–Trinajstić information content (AvgIpc) is 2.71. The Morgan fingerprint density at radius 2 is 2.05 bits per heavy atom. The molecule has 5 nitrogen and oxygen atoms in total. The van der Waals surface area contributed by atoms with Gasteiger partial charge in [0.1, 0.15) is 0 Å². The second-order valence-corrected chi connectivity index (χ2v) is 5.12. The predicted molar refractivity (Wildman–Crippen MR) is 76.8 cm³/mol. The fraction of sp³-hybridized carbons (Fsp3) is 0.714. The van der Waals surface area contributed by atoms with Gasteiger partial charge in [-0.3, -0.25) is 9.48 Å². The lowest BCUT2D eigenvalue weighted by atomic mass is 9.93. The van der Waals surface area contributed by atoms with Crippen LogP contribution >= 0.6 is 0 Å². The summed E-state index contributed by atoms with van der Waals surface area (Å²) in [5, 5.41) is 7.30. The summed E-state index contributed by atoms with van der Waals surface area (Å²) < 4.78 is 1.97. The highest BCUT2D eigenvalue weighted by Gasteiger charge is 2.29. The third-order valence-electron chi connectivity index (χ3n) is 3.65. The topological polar surface area (TPSA) is 72.9 Å². The minimum atomic E-state index is -0.724. The zero-order valence-corrected chi connectivity index (χ0v) is 12.5. The van der Waals surface area contributed by atoms with Crippen LogP contribution in [-0.2, 0) is 11.3 Å². The van der Waals surface area contributed by atoms with Gasteiger partial charge in [0.05, 0.1) is 11.2 Å². The number of carbonyl (C=O) groups excluding carboxylic acids is 1. The van der Waals surface area contributed by atoms with Gasteiger partial charge in [-0.05, 0) is 39.2 Å². The molecule has 5 heteroatoms. The molecule has 0 fully saturated rings. The summed E-state index contributed by atoms with van der Waals surface area (Å²) in [6.45, 7) is 9.36. The van der Waals surface area contributed by atoms with Crippen LogP contribution in [0.1, 0.15) is 44.5 Å². The van der Waals surface area contributed by atoms with E-state index < -0.39 is 5.54 Å². The lowest BCUT2D eigenvalue weighted by Gasteiger charge is -2.25. The van der Waals surface area contributed by atoms with E-state index in [4.69, 9.17) is 5.73 Å². The molecule has 0 radical (unpaired) electrons. The number of nitrogens with two attached hydrogens (primary N) is 1. The maximum atomic E-state index is 12.0. The van der Waals surface area contributed by atoms with Crippen LogP contribution in [0.2, 0.25) is 0 Å². The van der Waals surface area contributed by atoms with Gasteiger partial charge >= 0.3 is 0 Å². The van der Waals surface area contributed by atoms with Crippen molar-refractivity contribution in [2.24, 2.45) is 5.73 Å². The van der Waals surface area contributed by atoms with Crippen LogP contribution in [0.4, 0.5) is 0 Å². The first-order chi connectivity index (χ1) is 8.92. The Labute approximate surface area is 115 Å². The third-order valence-corrected chi connectivity index (χ3v) is 3.65. The molecule has 0 unspecified atom stereocenters. The van der Waals surface area contributed by atoms with E-state index in [2.05, 4.69) is 16.5 Å². The first-order valence-corrected chi connectivity index (χ1v) is 7.01.